The molecule has 0 aliphatic heterocycles. The molecule has 0 bridgehead atoms. The summed E-state index contributed by atoms with van der Waals surface area (Å²) in [5.74, 6) is 0.959. The van der Waals surface area contributed by atoms with Crippen LogP contribution in [0.25, 0.3) is 0 Å². The van der Waals surface area contributed by atoms with Gasteiger partial charge in [-0.15, -0.1) is 0 Å². The molecule has 0 spiro atoms. The number of hydrogen-bond acceptors (Lipinski definition) is 2. The van der Waals surface area contributed by atoms with E-state index in [-0.39, 0.29) is 0 Å². The van der Waals surface area contributed by atoms with Crippen LogP contribution < -0.4 is 4.90 Å². The van der Waals surface area contributed by atoms with Crippen molar-refractivity contribution in [2.75, 3.05) is 11.4 Å². The van der Waals surface area contributed by atoms with Gasteiger partial charge in [0.1, 0.15) is 5.82 Å². The Balaban J connectivity index is 2.14. The van der Waals surface area contributed by atoms with Crippen LogP contribution >= 0.6 is 11.6 Å². The third-order valence-electron chi connectivity index (χ3n) is 2.63. The van der Waals surface area contributed by atoms with Crippen LogP contribution in [0, 0.1) is 0 Å². The molecule has 0 aliphatic carbocycles. The SMILES string of the molecule is CCN(Cc1ccccc1)c1ccc(Cl)cn1. The van der Waals surface area contributed by atoms with Crippen molar-refractivity contribution in [2.24, 2.45) is 0 Å². The molecule has 2 aromatic rings. The Morgan fingerprint density at radius 2 is 1.88 bits per heavy atom. The molecule has 17 heavy (non-hydrogen) atoms. The molecule has 0 saturated carbocycles. The first-order valence-corrected chi connectivity index (χ1v) is 6.08. The number of rotatable bonds is 4. The maximum absolute atomic E-state index is 5.84. The normalized spacial score (nSPS) is 10.2. The molecule has 0 aliphatic rings. The van der Waals surface area contributed by atoms with E-state index in [0.717, 1.165) is 18.9 Å². The number of nitrogens with zero attached hydrogens (tertiary/aromatic N) is 2. The van der Waals surface area contributed by atoms with E-state index in [1.54, 1.807) is 6.20 Å². The zero-order chi connectivity index (χ0) is 12.1. The van der Waals surface area contributed by atoms with Gasteiger partial charge in [-0.25, -0.2) is 4.98 Å². The van der Waals surface area contributed by atoms with Crippen molar-refractivity contribution in [1.82, 2.24) is 4.98 Å². The fourth-order valence-electron chi connectivity index (χ4n) is 1.71. The molecule has 0 unspecified atom stereocenters. The van der Waals surface area contributed by atoms with Crippen LogP contribution in [-0.4, -0.2) is 11.5 Å². The van der Waals surface area contributed by atoms with Crippen molar-refractivity contribution >= 4 is 17.4 Å². The lowest BCUT2D eigenvalue weighted by Gasteiger charge is -2.21. The molecular weight excluding hydrogens is 232 g/mol. The molecule has 0 fully saturated rings. The standard InChI is InChI=1S/C14H15ClN2/c1-2-17(11-12-6-4-3-5-7-12)14-9-8-13(15)10-16-14/h3-10H,2,11H2,1H3. The summed E-state index contributed by atoms with van der Waals surface area (Å²) in [6, 6.07) is 14.2. The van der Waals surface area contributed by atoms with E-state index in [9.17, 15) is 0 Å². The maximum Gasteiger partial charge on any atom is 0.128 e. The van der Waals surface area contributed by atoms with Gasteiger partial charge in [-0.3, -0.25) is 0 Å². The number of aromatic nitrogens is 1. The third-order valence-corrected chi connectivity index (χ3v) is 2.86. The lowest BCUT2D eigenvalue weighted by Crippen LogP contribution is -2.22. The monoisotopic (exact) mass is 246 g/mol. The van der Waals surface area contributed by atoms with E-state index >= 15 is 0 Å². The molecule has 1 heterocycles. The summed E-state index contributed by atoms with van der Waals surface area (Å²) in [4.78, 5) is 6.55. The highest BCUT2D eigenvalue weighted by atomic mass is 35.5. The molecule has 1 aromatic heterocycles. The molecule has 0 radical (unpaired) electrons. The van der Waals surface area contributed by atoms with Crippen LogP contribution in [0.1, 0.15) is 12.5 Å². The van der Waals surface area contributed by atoms with Gasteiger partial charge < -0.3 is 4.90 Å². The highest BCUT2D eigenvalue weighted by Crippen LogP contribution is 2.16. The minimum atomic E-state index is 0.671. The summed E-state index contributed by atoms with van der Waals surface area (Å²) in [5, 5.41) is 0.671. The summed E-state index contributed by atoms with van der Waals surface area (Å²) in [6.45, 7) is 3.91. The Kier molecular flexibility index (Phi) is 3.99. The van der Waals surface area contributed by atoms with Crippen LogP contribution in [0.3, 0.4) is 0 Å². The summed E-state index contributed by atoms with van der Waals surface area (Å²) in [6.07, 6.45) is 1.69. The first kappa shape index (κ1) is 11.9. The predicted octanol–water partition coefficient (Wildman–Crippen LogP) is 3.76. The number of halogens is 1. The van der Waals surface area contributed by atoms with E-state index in [4.69, 9.17) is 11.6 Å². The van der Waals surface area contributed by atoms with Crippen LogP contribution in [0.15, 0.2) is 48.7 Å². The van der Waals surface area contributed by atoms with Crippen molar-refractivity contribution in [2.45, 2.75) is 13.5 Å². The summed E-state index contributed by atoms with van der Waals surface area (Å²) >= 11 is 5.84. The Hall–Kier alpha value is -1.54. The molecule has 0 N–H and O–H groups in total. The van der Waals surface area contributed by atoms with Gasteiger partial charge in [0.15, 0.2) is 0 Å². The van der Waals surface area contributed by atoms with E-state index < -0.39 is 0 Å². The topological polar surface area (TPSA) is 16.1 Å². The lowest BCUT2D eigenvalue weighted by molar-refractivity contribution is 0.814. The van der Waals surface area contributed by atoms with Crippen molar-refractivity contribution in [1.29, 1.82) is 0 Å². The number of hydrogen-bond donors (Lipinski definition) is 0. The number of pyridine rings is 1. The molecule has 3 heteroatoms. The van der Waals surface area contributed by atoms with Gasteiger partial charge in [-0.05, 0) is 24.6 Å². The Labute approximate surface area is 107 Å². The van der Waals surface area contributed by atoms with Crippen LogP contribution in [-0.2, 0) is 6.54 Å². The average molecular weight is 247 g/mol. The predicted molar refractivity (Wildman–Crippen MR) is 72.4 cm³/mol. The van der Waals surface area contributed by atoms with Gasteiger partial charge in [0.25, 0.3) is 0 Å². The third kappa shape index (κ3) is 3.21. The first-order chi connectivity index (χ1) is 8.29. The molecule has 2 nitrogen and oxygen atoms in total. The fraction of sp³-hybridized carbons (Fsp3) is 0.214. The van der Waals surface area contributed by atoms with Gasteiger partial charge in [-0.2, -0.15) is 0 Å². The van der Waals surface area contributed by atoms with Gasteiger partial charge in [0.05, 0.1) is 5.02 Å². The van der Waals surface area contributed by atoms with Gasteiger partial charge >= 0.3 is 0 Å². The molecule has 1 aromatic carbocycles. The summed E-state index contributed by atoms with van der Waals surface area (Å²) in [5.41, 5.74) is 1.28. The molecule has 88 valence electrons. The molecular formula is C14H15ClN2. The second-order valence-corrected chi connectivity index (χ2v) is 4.27. The second-order valence-electron chi connectivity index (χ2n) is 3.83. The van der Waals surface area contributed by atoms with Crippen molar-refractivity contribution in [3.63, 3.8) is 0 Å². The fourth-order valence-corrected chi connectivity index (χ4v) is 1.83. The number of anilines is 1. The van der Waals surface area contributed by atoms with Crippen LogP contribution in [0.2, 0.25) is 5.02 Å². The van der Waals surface area contributed by atoms with Crippen molar-refractivity contribution in [3.05, 3.63) is 59.2 Å². The maximum atomic E-state index is 5.84. The average Bonchev–Trinajstić information content (AvgIpc) is 2.38. The zero-order valence-electron chi connectivity index (χ0n) is 9.81. The van der Waals surface area contributed by atoms with E-state index in [1.165, 1.54) is 5.56 Å². The molecule has 0 amide bonds. The molecule has 0 saturated heterocycles. The Morgan fingerprint density at radius 1 is 1.12 bits per heavy atom. The molecule has 0 atom stereocenters. The van der Waals surface area contributed by atoms with Crippen molar-refractivity contribution < 1.29 is 0 Å². The van der Waals surface area contributed by atoms with Crippen molar-refractivity contribution in [3.8, 4) is 0 Å². The zero-order valence-corrected chi connectivity index (χ0v) is 10.6. The summed E-state index contributed by atoms with van der Waals surface area (Å²) in [7, 11) is 0. The van der Waals surface area contributed by atoms with Crippen LogP contribution in [0.5, 0.6) is 0 Å². The van der Waals surface area contributed by atoms with Gasteiger partial charge in [-0.1, -0.05) is 41.9 Å². The highest BCUT2D eigenvalue weighted by molar-refractivity contribution is 6.30. The van der Waals surface area contributed by atoms with E-state index in [0.29, 0.717) is 5.02 Å². The van der Waals surface area contributed by atoms with Gasteiger partial charge in [0.2, 0.25) is 0 Å². The number of benzene rings is 1. The Morgan fingerprint density at radius 3 is 2.47 bits per heavy atom. The second kappa shape index (κ2) is 5.69. The van der Waals surface area contributed by atoms with Crippen LogP contribution in [0.4, 0.5) is 5.82 Å². The quantitative estimate of drug-likeness (QED) is 0.817. The lowest BCUT2D eigenvalue weighted by atomic mass is 10.2. The largest absolute Gasteiger partial charge is 0.353 e. The first-order valence-electron chi connectivity index (χ1n) is 5.70. The van der Waals surface area contributed by atoms with Gasteiger partial charge in [0, 0.05) is 19.3 Å². The van der Waals surface area contributed by atoms with E-state index in [2.05, 4.69) is 41.1 Å². The summed E-state index contributed by atoms with van der Waals surface area (Å²) < 4.78 is 0. The highest BCUT2D eigenvalue weighted by Gasteiger charge is 2.05. The minimum Gasteiger partial charge on any atom is -0.353 e. The smallest absolute Gasteiger partial charge is 0.128 e. The van der Waals surface area contributed by atoms with E-state index in [1.807, 2.05) is 18.2 Å². The minimum absolute atomic E-state index is 0.671. The molecule has 2 rings (SSSR count). The Bertz CT molecular complexity index is 453.